The molecule has 0 aromatic heterocycles. The molecule has 0 bridgehead atoms. The van der Waals surface area contributed by atoms with Crippen molar-refractivity contribution in [3.63, 3.8) is 0 Å². The fraction of sp³-hybridized carbons (Fsp3) is 0.778. The monoisotopic (exact) mass is 560 g/mol. The lowest BCUT2D eigenvalue weighted by molar-refractivity contribution is -0.309. The molecule has 0 spiro atoms. The van der Waals surface area contributed by atoms with Gasteiger partial charge in [-0.05, 0) is 0 Å². The third kappa shape index (κ3) is 8.86. The lowest BCUT2D eigenvalue weighted by atomic mass is 9.98. The summed E-state index contributed by atoms with van der Waals surface area (Å²) in [6.45, 7) is 4.62. The number of carbonyl (C=O) groups is 4. The highest BCUT2D eigenvalue weighted by molar-refractivity contribution is 9.09. The molecule has 1 aliphatic heterocycles. The first-order valence-corrected chi connectivity index (χ1v) is 11.4. The van der Waals surface area contributed by atoms with Gasteiger partial charge in [-0.25, -0.2) is 0 Å². The molecule has 1 saturated heterocycles. The number of rotatable bonds is 10. The second-order valence-corrected chi connectivity index (χ2v) is 7.87. The average molecular weight is 562 g/mol. The number of ether oxygens (including phenoxy) is 6. The highest BCUT2D eigenvalue weighted by atomic mass is 79.9. The van der Waals surface area contributed by atoms with Crippen LogP contribution < -0.4 is 0 Å². The van der Waals surface area contributed by atoms with Crippen LogP contribution in [0.15, 0.2) is 0 Å². The van der Waals surface area contributed by atoms with Gasteiger partial charge in [0.15, 0.2) is 24.6 Å². The molecule has 0 aliphatic carbocycles. The van der Waals surface area contributed by atoms with Gasteiger partial charge in [0.05, 0.1) is 6.61 Å². The Hall–Kier alpha value is -1.24. The third-order valence-corrected chi connectivity index (χ3v) is 5.71. The van der Waals surface area contributed by atoms with Gasteiger partial charge in [-0.15, -0.1) is 0 Å². The number of hydrogen-bond donors (Lipinski definition) is 0. The van der Waals surface area contributed by atoms with Crippen LogP contribution in [0.25, 0.3) is 0 Å². The van der Waals surface area contributed by atoms with Gasteiger partial charge in [0.1, 0.15) is 12.7 Å². The van der Waals surface area contributed by atoms with Crippen molar-refractivity contribution in [2.24, 2.45) is 5.92 Å². The molecule has 1 fully saturated rings. The van der Waals surface area contributed by atoms with E-state index in [9.17, 15) is 19.2 Å². The van der Waals surface area contributed by atoms with E-state index in [0.717, 1.165) is 13.8 Å². The number of carbonyl (C=O) groups excluding carboxylic acids is 4. The van der Waals surface area contributed by atoms with E-state index < -0.39 is 54.6 Å². The summed E-state index contributed by atoms with van der Waals surface area (Å²) in [4.78, 5) is 46.4. The van der Waals surface area contributed by atoms with Crippen LogP contribution in [0.3, 0.4) is 0 Å². The van der Waals surface area contributed by atoms with E-state index in [1.807, 2.05) is 0 Å². The first kappa shape index (κ1) is 26.8. The van der Waals surface area contributed by atoms with Crippen LogP contribution in [-0.2, 0) is 47.6 Å². The molecule has 30 heavy (non-hydrogen) atoms. The van der Waals surface area contributed by atoms with E-state index >= 15 is 0 Å². The van der Waals surface area contributed by atoms with Gasteiger partial charge in [-0.2, -0.15) is 0 Å². The molecule has 0 unspecified atom stereocenters. The van der Waals surface area contributed by atoms with E-state index in [-0.39, 0.29) is 19.1 Å². The van der Waals surface area contributed by atoms with E-state index in [0.29, 0.717) is 10.7 Å². The molecule has 0 N–H and O–H groups in total. The molecule has 5 atom stereocenters. The smallest absolute Gasteiger partial charge is 0.303 e. The van der Waals surface area contributed by atoms with Gasteiger partial charge < -0.3 is 28.4 Å². The third-order valence-electron chi connectivity index (χ3n) is 3.88. The van der Waals surface area contributed by atoms with Crippen molar-refractivity contribution in [3.8, 4) is 0 Å². The van der Waals surface area contributed by atoms with Gasteiger partial charge in [0.25, 0.3) is 0 Å². The second kappa shape index (κ2) is 13.2. The Bertz CT molecular complexity index is 610. The van der Waals surface area contributed by atoms with Gasteiger partial charge in [-0.1, -0.05) is 31.9 Å². The molecule has 10 nitrogen and oxygen atoms in total. The zero-order valence-electron chi connectivity index (χ0n) is 17.1. The predicted octanol–water partition coefficient (Wildman–Crippen LogP) is 1.49. The molecule has 1 heterocycles. The van der Waals surface area contributed by atoms with Crippen molar-refractivity contribution < 1.29 is 47.6 Å². The molecule has 1 aliphatic rings. The van der Waals surface area contributed by atoms with E-state index in [1.54, 1.807) is 0 Å². The van der Waals surface area contributed by atoms with E-state index in [1.165, 1.54) is 13.8 Å². The zero-order chi connectivity index (χ0) is 22.8. The van der Waals surface area contributed by atoms with Crippen molar-refractivity contribution in [1.29, 1.82) is 0 Å². The Labute approximate surface area is 191 Å². The summed E-state index contributed by atoms with van der Waals surface area (Å²) >= 11 is 6.74. The number of hydrogen-bond acceptors (Lipinski definition) is 10. The van der Waals surface area contributed by atoms with Gasteiger partial charge >= 0.3 is 23.9 Å². The topological polar surface area (TPSA) is 124 Å². The van der Waals surface area contributed by atoms with E-state index in [4.69, 9.17) is 28.4 Å². The molecule has 12 heteroatoms. The number of halogens is 2. The van der Waals surface area contributed by atoms with Crippen LogP contribution in [0.4, 0.5) is 0 Å². The SMILES string of the molecule is CC(=O)OC[C@H]1O[C@H](OCC(CBr)CBr)[C@H](OC(C)=O)[C@@H](OC(C)=O)[C@H]1OC(C)=O. The summed E-state index contributed by atoms with van der Waals surface area (Å²) in [7, 11) is 0. The van der Waals surface area contributed by atoms with Crippen molar-refractivity contribution in [3.05, 3.63) is 0 Å². The fourth-order valence-corrected chi connectivity index (χ4v) is 4.13. The molecule has 0 aromatic carbocycles. The Morgan fingerprint density at radius 2 is 1.30 bits per heavy atom. The highest BCUT2D eigenvalue weighted by Crippen LogP contribution is 2.30. The maximum atomic E-state index is 11.7. The average Bonchev–Trinajstić information content (AvgIpc) is 2.64. The van der Waals surface area contributed by atoms with Gasteiger partial charge in [0.2, 0.25) is 0 Å². The van der Waals surface area contributed by atoms with Crippen LogP contribution in [0.1, 0.15) is 27.7 Å². The first-order chi connectivity index (χ1) is 14.1. The lowest BCUT2D eigenvalue weighted by Crippen LogP contribution is -2.63. The summed E-state index contributed by atoms with van der Waals surface area (Å²) in [5.74, 6) is -2.57. The largest absolute Gasteiger partial charge is 0.463 e. The normalized spacial score (nSPS) is 26.0. The van der Waals surface area contributed by atoms with Crippen molar-refractivity contribution in [1.82, 2.24) is 0 Å². The number of alkyl halides is 2. The minimum absolute atomic E-state index is 0.0665. The molecule has 0 aromatic rings. The standard InChI is InChI=1S/C18H26Br2O10/c1-9(21)25-8-14-15(27-10(2)22)16(28-11(3)23)17(29-12(4)24)18(30-14)26-7-13(5-19)6-20/h13-18H,5-8H2,1-4H3/t14-,15+,16+,17-,18+/m1/s1. The minimum Gasteiger partial charge on any atom is -0.463 e. The second-order valence-electron chi connectivity index (χ2n) is 6.58. The summed E-state index contributed by atoms with van der Waals surface area (Å²) < 4.78 is 32.6. The fourth-order valence-electron chi connectivity index (χ4n) is 2.68. The molecule has 172 valence electrons. The van der Waals surface area contributed by atoms with Crippen molar-refractivity contribution in [2.75, 3.05) is 23.9 Å². The minimum atomic E-state index is -1.24. The maximum Gasteiger partial charge on any atom is 0.303 e. The summed E-state index contributed by atoms with van der Waals surface area (Å²) in [6, 6.07) is 0. The first-order valence-electron chi connectivity index (χ1n) is 9.13. The van der Waals surface area contributed by atoms with Crippen LogP contribution in [0, 0.1) is 5.92 Å². The van der Waals surface area contributed by atoms with Crippen LogP contribution in [0.5, 0.6) is 0 Å². The quantitative estimate of drug-likeness (QED) is 0.220. The van der Waals surface area contributed by atoms with E-state index in [2.05, 4.69) is 31.9 Å². The Morgan fingerprint density at radius 3 is 1.77 bits per heavy atom. The Kier molecular flexibility index (Phi) is 11.8. The highest BCUT2D eigenvalue weighted by Gasteiger charge is 2.52. The Balaban J connectivity index is 3.25. The summed E-state index contributed by atoms with van der Waals surface area (Å²) in [5, 5.41) is 1.26. The lowest BCUT2D eigenvalue weighted by Gasteiger charge is -2.44. The summed E-state index contributed by atoms with van der Waals surface area (Å²) in [5.41, 5.74) is 0. The molecular weight excluding hydrogens is 536 g/mol. The predicted molar refractivity (Wildman–Crippen MR) is 109 cm³/mol. The zero-order valence-corrected chi connectivity index (χ0v) is 20.3. The van der Waals surface area contributed by atoms with Crippen LogP contribution >= 0.6 is 31.9 Å². The van der Waals surface area contributed by atoms with Crippen molar-refractivity contribution >= 4 is 55.7 Å². The molecule has 0 radical (unpaired) electrons. The van der Waals surface area contributed by atoms with Crippen molar-refractivity contribution in [2.45, 2.75) is 58.4 Å². The molecule has 0 amide bonds. The van der Waals surface area contributed by atoms with Crippen LogP contribution in [-0.4, -0.2) is 78.5 Å². The summed E-state index contributed by atoms with van der Waals surface area (Å²) in [6.07, 6.45) is -5.83. The number of esters is 4. The maximum absolute atomic E-state index is 11.7. The van der Waals surface area contributed by atoms with Gasteiger partial charge in [-0.3, -0.25) is 19.2 Å². The Morgan fingerprint density at radius 1 is 0.800 bits per heavy atom. The molecule has 0 saturated carbocycles. The van der Waals surface area contributed by atoms with Gasteiger partial charge in [0, 0.05) is 44.3 Å². The molecular formula is C18H26Br2O10. The van der Waals surface area contributed by atoms with Crippen LogP contribution in [0.2, 0.25) is 0 Å². The molecule has 1 rings (SSSR count).